The summed E-state index contributed by atoms with van der Waals surface area (Å²) in [6, 6.07) is 16.4. The Balaban J connectivity index is 1.64. The van der Waals surface area contributed by atoms with Gasteiger partial charge in [-0.2, -0.15) is 0 Å². The summed E-state index contributed by atoms with van der Waals surface area (Å²) >= 11 is 0. The zero-order valence-electron chi connectivity index (χ0n) is 14.2. The second-order valence-corrected chi connectivity index (χ2v) is 5.83. The summed E-state index contributed by atoms with van der Waals surface area (Å²) in [5.74, 6) is -0.961. The number of amides is 2. The maximum atomic E-state index is 11.8. The van der Waals surface area contributed by atoms with E-state index in [1.165, 1.54) is 17.7 Å². The van der Waals surface area contributed by atoms with Gasteiger partial charge in [0.05, 0.1) is 5.56 Å². The quantitative estimate of drug-likeness (QED) is 0.688. The van der Waals surface area contributed by atoms with Crippen LogP contribution in [0.4, 0.5) is 4.79 Å². The summed E-state index contributed by atoms with van der Waals surface area (Å²) in [6.45, 7) is 2.48. The third-order valence-electron chi connectivity index (χ3n) is 3.73. The molecule has 0 radical (unpaired) electrons. The number of rotatable bonds is 8. The average molecular weight is 341 g/mol. The zero-order valence-corrected chi connectivity index (χ0v) is 14.2. The van der Waals surface area contributed by atoms with Crippen LogP contribution < -0.4 is 10.6 Å². The van der Waals surface area contributed by atoms with Crippen LogP contribution in [-0.2, 0) is 13.1 Å². The summed E-state index contributed by atoms with van der Waals surface area (Å²) in [5, 5.41) is 14.4. The number of urea groups is 1. The molecule has 6 heteroatoms. The van der Waals surface area contributed by atoms with Crippen LogP contribution in [0.1, 0.15) is 21.5 Å². The van der Waals surface area contributed by atoms with Gasteiger partial charge in [0.25, 0.3) is 0 Å². The molecule has 2 rings (SSSR count). The Hall–Kier alpha value is -2.86. The van der Waals surface area contributed by atoms with Gasteiger partial charge < -0.3 is 20.6 Å². The van der Waals surface area contributed by atoms with Crippen molar-refractivity contribution in [3.8, 4) is 0 Å². The summed E-state index contributed by atoms with van der Waals surface area (Å²) < 4.78 is 0. The monoisotopic (exact) mass is 341 g/mol. The van der Waals surface area contributed by atoms with Crippen molar-refractivity contribution in [3.05, 3.63) is 71.3 Å². The third kappa shape index (κ3) is 6.64. The molecule has 0 saturated heterocycles. The van der Waals surface area contributed by atoms with Gasteiger partial charge in [0.15, 0.2) is 0 Å². The SMILES string of the molecule is CN(CCNC(=O)NCc1ccc(C(=O)O)cc1)Cc1ccccc1. The molecule has 0 unspecified atom stereocenters. The molecule has 0 fully saturated rings. The highest BCUT2D eigenvalue weighted by Crippen LogP contribution is 2.04. The van der Waals surface area contributed by atoms with Gasteiger partial charge in [0.2, 0.25) is 0 Å². The molecule has 6 nitrogen and oxygen atoms in total. The fourth-order valence-corrected chi connectivity index (χ4v) is 2.34. The van der Waals surface area contributed by atoms with Crippen LogP contribution in [0.3, 0.4) is 0 Å². The van der Waals surface area contributed by atoms with Crippen LogP contribution in [0.2, 0.25) is 0 Å². The lowest BCUT2D eigenvalue weighted by Gasteiger charge is -2.17. The average Bonchev–Trinajstić information content (AvgIpc) is 2.61. The van der Waals surface area contributed by atoms with Crippen molar-refractivity contribution in [2.45, 2.75) is 13.1 Å². The molecule has 0 bridgehead atoms. The predicted octanol–water partition coefficient (Wildman–Crippen LogP) is 2.32. The molecule has 0 spiro atoms. The van der Waals surface area contributed by atoms with Crippen molar-refractivity contribution < 1.29 is 14.7 Å². The van der Waals surface area contributed by atoms with Gasteiger partial charge in [-0.25, -0.2) is 9.59 Å². The predicted molar refractivity (Wildman–Crippen MR) is 96.4 cm³/mol. The van der Waals surface area contributed by atoms with Gasteiger partial charge in [0, 0.05) is 26.2 Å². The molecule has 0 saturated carbocycles. The first-order valence-electron chi connectivity index (χ1n) is 8.11. The van der Waals surface area contributed by atoms with Crippen molar-refractivity contribution in [1.82, 2.24) is 15.5 Å². The lowest BCUT2D eigenvalue weighted by atomic mass is 10.1. The number of hydrogen-bond acceptors (Lipinski definition) is 3. The van der Waals surface area contributed by atoms with Gasteiger partial charge >= 0.3 is 12.0 Å². The van der Waals surface area contributed by atoms with Crippen LogP contribution in [-0.4, -0.2) is 42.1 Å². The van der Waals surface area contributed by atoms with E-state index in [4.69, 9.17) is 5.11 Å². The molecule has 0 aromatic heterocycles. The lowest BCUT2D eigenvalue weighted by molar-refractivity contribution is 0.0697. The van der Waals surface area contributed by atoms with Crippen molar-refractivity contribution in [2.24, 2.45) is 0 Å². The molecule has 2 aromatic rings. The fourth-order valence-electron chi connectivity index (χ4n) is 2.34. The van der Waals surface area contributed by atoms with E-state index in [1.807, 2.05) is 25.2 Å². The topological polar surface area (TPSA) is 81.7 Å². The minimum atomic E-state index is -0.961. The van der Waals surface area contributed by atoms with Crippen LogP contribution in [0.5, 0.6) is 0 Å². The Bertz CT molecular complexity index is 687. The zero-order chi connectivity index (χ0) is 18.1. The number of carboxylic acid groups (broad SMARTS) is 1. The van der Waals surface area contributed by atoms with E-state index >= 15 is 0 Å². The van der Waals surface area contributed by atoms with E-state index < -0.39 is 5.97 Å². The van der Waals surface area contributed by atoms with Crippen molar-refractivity contribution >= 4 is 12.0 Å². The summed E-state index contributed by atoms with van der Waals surface area (Å²) in [7, 11) is 2.01. The second kappa shape index (κ2) is 9.44. The Morgan fingerprint density at radius 3 is 2.28 bits per heavy atom. The van der Waals surface area contributed by atoms with Gasteiger partial charge in [-0.15, -0.1) is 0 Å². The number of benzene rings is 2. The van der Waals surface area contributed by atoms with Gasteiger partial charge in [-0.05, 0) is 30.3 Å². The molecule has 25 heavy (non-hydrogen) atoms. The highest BCUT2D eigenvalue weighted by atomic mass is 16.4. The number of carbonyl (C=O) groups excluding carboxylic acids is 1. The molecule has 0 heterocycles. The number of carbonyl (C=O) groups is 2. The number of aromatic carboxylic acids is 1. The summed E-state index contributed by atoms with van der Waals surface area (Å²) in [4.78, 5) is 24.7. The maximum absolute atomic E-state index is 11.8. The van der Waals surface area contributed by atoms with E-state index in [0.29, 0.717) is 13.1 Å². The molecule has 0 aliphatic rings. The first-order valence-corrected chi connectivity index (χ1v) is 8.11. The number of carboxylic acids is 1. The number of likely N-dealkylation sites (N-methyl/N-ethyl adjacent to an activating group) is 1. The largest absolute Gasteiger partial charge is 0.478 e. The highest BCUT2D eigenvalue weighted by molar-refractivity contribution is 5.87. The molecular formula is C19H23N3O3. The Morgan fingerprint density at radius 2 is 1.64 bits per heavy atom. The van der Waals surface area contributed by atoms with E-state index in [-0.39, 0.29) is 11.6 Å². The van der Waals surface area contributed by atoms with E-state index in [2.05, 4.69) is 27.7 Å². The molecule has 2 amide bonds. The highest BCUT2D eigenvalue weighted by Gasteiger charge is 2.04. The summed E-state index contributed by atoms with van der Waals surface area (Å²) in [5.41, 5.74) is 2.32. The van der Waals surface area contributed by atoms with Crippen molar-refractivity contribution in [1.29, 1.82) is 0 Å². The fraction of sp³-hybridized carbons (Fsp3) is 0.263. The molecule has 2 aromatic carbocycles. The first-order chi connectivity index (χ1) is 12.0. The van der Waals surface area contributed by atoms with Gasteiger partial charge in [-0.3, -0.25) is 0 Å². The molecule has 3 N–H and O–H groups in total. The van der Waals surface area contributed by atoms with Crippen molar-refractivity contribution in [2.75, 3.05) is 20.1 Å². The third-order valence-corrected chi connectivity index (χ3v) is 3.73. The first kappa shape index (κ1) is 18.5. The summed E-state index contributed by atoms with van der Waals surface area (Å²) in [6.07, 6.45) is 0. The van der Waals surface area contributed by atoms with Crippen molar-refractivity contribution in [3.63, 3.8) is 0 Å². The Morgan fingerprint density at radius 1 is 0.960 bits per heavy atom. The van der Waals surface area contributed by atoms with Crippen LogP contribution in [0, 0.1) is 0 Å². The molecule has 132 valence electrons. The van der Waals surface area contributed by atoms with E-state index in [1.54, 1.807) is 12.1 Å². The van der Waals surface area contributed by atoms with Crippen LogP contribution in [0.25, 0.3) is 0 Å². The minimum absolute atomic E-state index is 0.231. The molecule has 0 aliphatic carbocycles. The second-order valence-electron chi connectivity index (χ2n) is 5.83. The Labute approximate surface area is 147 Å². The van der Waals surface area contributed by atoms with Crippen LogP contribution in [0.15, 0.2) is 54.6 Å². The maximum Gasteiger partial charge on any atom is 0.335 e. The standard InChI is InChI=1S/C19H23N3O3/c1-22(14-16-5-3-2-4-6-16)12-11-20-19(25)21-13-15-7-9-17(10-8-15)18(23)24/h2-10H,11-14H2,1H3,(H,23,24)(H2,20,21,25). The van der Waals surface area contributed by atoms with Crippen LogP contribution >= 0.6 is 0 Å². The van der Waals surface area contributed by atoms with Gasteiger partial charge in [0.1, 0.15) is 0 Å². The minimum Gasteiger partial charge on any atom is -0.478 e. The molecular weight excluding hydrogens is 318 g/mol. The number of nitrogens with zero attached hydrogens (tertiary/aromatic N) is 1. The van der Waals surface area contributed by atoms with E-state index in [9.17, 15) is 9.59 Å². The van der Waals surface area contributed by atoms with E-state index in [0.717, 1.165) is 18.7 Å². The van der Waals surface area contributed by atoms with Gasteiger partial charge in [-0.1, -0.05) is 42.5 Å². The molecule has 0 aliphatic heterocycles. The smallest absolute Gasteiger partial charge is 0.335 e. The normalized spacial score (nSPS) is 10.5. The number of nitrogens with one attached hydrogen (secondary N) is 2. The lowest BCUT2D eigenvalue weighted by Crippen LogP contribution is -2.39. The number of hydrogen-bond donors (Lipinski definition) is 3. The molecule has 0 atom stereocenters. The Kier molecular flexibility index (Phi) is 6.98.